The van der Waals surface area contributed by atoms with Crippen molar-refractivity contribution in [2.24, 2.45) is 0 Å². The highest BCUT2D eigenvalue weighted by atomic mass is 19.3. The molecule has 13 heavy (non-hydrogen) atoms. The number of nitrogens with one attached hydrogen (secondary N) is 2. The minimum atomic E-state index is -2.53. The van der Waals surface area contributed by atoms with Crippen LogP contribution in [0.25, 0.3) is 0 Å². The lowest BCUT2D eigenvalue weighted by Gasteiger charge is -2.35. The molecule has 0 radical (unpaired) electrons. The summed E-state index contributed by atoms with van der Waals surface area (Å²) in [6, 6.07) is -0.231. The summed E-state index contributed by atoms with van der Waals surface area (Å²) in [5.74, 6) is -2.53. The molecule has 2 fully saturated rings. The first-order valence-electron chi connectivity index (χ1n) is 4.45. The summed E-state index contributed by atoms with van der Waals surface area (Å²) in [5, 5.41) is 5.34. The summed E-state index contributed by atoms with van der Waals surface area (Å²) < 4.78 is 25.6. The minimum absolute atomic E-state index is 0.116. The van der Waals surface area contributed by atoms with E-state index in [0.29, 0.717) is 19.4 Å². The summed E-state index contributed by atoms with van der Waals surface area (Å²) >= 11 is 0. The van der Waals surface area contributed by atoms with Gasteiger partial charge in [-0.15, -0.1) is 0 Å². The Kier molecular flexibility index (Phi) is 1.72. The van der Waals surface area contributed by atoms with Gasteiger partial charge < -0.3 is 10.6 Å². The van der Waals surface area contributed by atoms with Gasteiger partial charge in [0.2, 0.25) is 5.92 Å². The molecule has 1 saturated carbocycles. The fraction of sp³-hybridized carbons (Fsp3) is 0.875. The van der Waals surface area contributed by atoms with Crippen molar-refractivity contribution in [1.82, 2.24) is 10.6 Å². The van der Waals surface area contributed by atoms with Crippen molar-refractivity contribution >= 4 is 6.03 Å². The Morgan fingerprint density at radius 1 is 1.15 bits per heavy atom. The molecule has 0 bridgehead atoms. The lowest BCUT2D eigenvalue weighted by atomic mass is 9.80. The van der Waals surface area contributed by atoms with Gasteiger partial charge in [-0.2, -0.15) is 0 Å². The Morgan fingerprint density at radius 2 is 1.77 bits per heavy atom. The van der Waals surface area contributed by atoms with Crippen LogP contribution in [-0.2, 0) is 0 Å². The molecule has 0 aromatic heterocycles. The SMILES string of the molecule is O=C1NCC2(CCC(F)(F)CC2)N1. The summed E-state index contributed by atoms with van der Waals surface area (Å²) in [7, 11) is 0. The highest BCUT2D eigenvalue weighted by molar-refractivity contribution is 5.77. The lowest BCUT2D eigenvalue weighted by molar-refractivity contribution is -0.0510. The van der Waals surface area contributed by atoms with Crippen molar-refractivity contribution in [3.63, 3.8) is 0 Å². The number of alkyl halides is 2. The van der Waals surface area contributed by atoms with Crippen LogP contribution in [0.1, 0.15) is 25.7 Å². The zero-order valence-corrected chi connectivity index (χ0v) is 7.20. The number of hydrogen-bond donors (Lipinski definition) is 2. The topological polar surface area (TPSA) is 41.1 Å². The van der Waals surface area contributed by atoms with Crippen LogP contribution in [0, 0.1) is 0 Å². The number of urea groups is 1. The molecular weight excluding hydrogens is 178 g/mol. The van der Waals surface area contributed by atoms with Crippen molar-refractivity contribution in [2.75, 3.05) is 6.54 Å². The van der Waals surface area contributed by atoms with Crippen LogP contribution < -0.4 is 10.6 Å². The molecular formula is C8H12F2N2O. The Labute approximate surface area is 74.9 Å². The minimum Gasteiger partial charge on any atom is -0.336 e. The highest BCUT2D eigenvalue weighted by Gasteiger charge is 2.46. The molecule has 2 amide bonds. The second-order valence-electron chi connectivity index (χ2n) is 3.94. The summed E-state index contributed by atoms with van der Waals surface area (Å²) in [6.45, 7) is 0.488. The van der Waals surface area contributed by atoms with E-state index >= 15 is 0 Å². The average molecular weight is 190 g/mol. The molecule has 3 nitrogen and oxygen atoms in total. The molecule has 0 unspecified atom stereocenters. The van der Waals surface area contributed by atoms with Crippen LogP contribution in [0.4, 0.5) is 13.6 Å². The van der Waals surface area contributed by atoms with Crippen LogP contribution in [0.2, 0.25) is 0 Å². The Balaban J connectivity index is 2.01. The molecule has 0 atom stereocenters. The third-order valence-electron chi connectivity index (χ3n) is 2.90. The van der Waals surface area contributed by atoms with Crippen molar-refractivity contribution < 1.29 is 13.6 Å². The van der Waals surface area contributed by atoms with E-state index in [4.69, 9.17) is 0 Å². The first-order valence-corrected chi connectivity index (χ1v) is 4.45. The number of carbonyl (C=O) groups is 1. The van der Waals surface area contributed by atoms with Crippen LogP contribution in [0.3, 0.4) is 0 Å². The van der Waals surface area contributed by atoms with E-state index < -0.39 is 11.5 Å². The average Bonchev–Trinajstić information content (AvgIpc) is 2.41. The van der Waals surface area contributed by atoms with Gasteiger partial charge >= 0.3 is 6.03 Å². The molecule has 1 aliphatic heterocycles. The number of amides is 2. The second kappa shape index (κ2) is 2.56. The first-order chi connectivity index (χ1) is 6.02. The summed E-state index contributed by atoms with van der Waals surface area (Å²) in [5.41, 5.74) is -0.390. The second-order valence-corrected chi connectivity index (χ2v) is 3.94. The lowest BCUT2D eigenvalue weighted by Crippen LogP contribution is -2.48. The van der Waals surface area contributed by atoms with Gasteiger partial charge in [0.05, 0.1) is 5.54 Å². The predicted molar refractivity (Wildman–Crippen MR) is 42.7 cm³/mol. The summed E-state index contributed by atoms with van der Waals surface area (Å²) in [6.07, 6.45) is 0.515. The molecule has 1 aliphatic carbocycles. The normalized spacial score (nSPS) is 29.8. The molecule has 1 heterocycles. The van der Waals surface area contributed by atoms with Crippen molar-refractivity contribution in [3.8, 4) is 0 Å². The third kappa shape index (κ3) is 1.59. The van der Waals surface area contributed by atoms with E-state index in [0.717, 1.165) is 0 Å². The van der Waals surface area contributed by atoms with Crippen molar-refractivity contribution in [2.45, 2.75) is 37.1 Å². The van der Waals surface area contributed by atoms with Gasteiger partial charge in [-0.05, 0) is 12.8 Å². The van der Waals surface area contributed by atoms with E-state index in [2.05, 4.69) is 10.6 Å². The zero-order chi connectivity index (χ0) is 9.53. The van der Waals surface area contributed by atoms with Crippen molar-refractivity contribution in [1.29, 1.82) is 0 Å². The van der Waals surface area contributed by atoms with E-state index in [1.165, 1.54) is 0 Å². The largest absolute Gasteiger partial charge is 0.336 e. The fourth-order valence-electron chi connectivity index (χ4n) is 1.97. The maximum absolute atomic E-state index is 12.8. The Morgan fingerprint density at radius 3 is 2.23 bits per heavy atom. The quantitative estimate of drug-likeness (QED) is 0.593. The Hall–Kier alpha value is -0.870. The number of rotatable bonds is 0. The van der Waals surface area contributed by atoms with E-state index in [1.807, 2.05) is 0 Å². The van der Waals surface area contributed by atoms with Crippen LogP contribution >= 0.6 is 0 Å². The van der Waals surface area contributed by atoms with Crippen LogP contribution in [-0.4, -0.2) is 24.0 Å². The van der Waals surface area contributed by atoms with Crippen molar-refractivity contribution in [3.05, 3.63) is 0 Å². The van der Waals surface area contributed by atoms with Gasteiger partial charge in [-0.1, -0.05) is 0 Å². The maximum atomic E-state index is 12.8. The standard InChI is InChI=1S/C8H12F2N2O/c9-8(10)3-1-7(2-4-8)5-11-6(13)12-7/h1-5H2,(H2,11,12,13). The molecule has 1 spiro atoms. The number of halogens is 2. The number of carbonyl (C=O) groups excluding carboxylic acids is 1. The van der Waals surface area contributed by atoms with Gasteiger partial charge in [0, 0.05) is 19.4 Å². The van der Waals surface area contributed by atoms with Crippen LogP contribution in [0.15, 0.2) is 0 Å². The molecule has 5 heteroatoms. The van der Waals surface area contributed by atoms with E-state index in [1.54, 1.807) is 0 Å². The van der Waals surface area contributed by atoms with Gasteiger partial charge in [0.25, 0.3) is 0 Å². The molecule has 2 aliphatic rings. The number of hydrogen-bond acceptors (Lipinski definition) is 1. The van der Waals surface area contributed by atoms with E-state index in [-0.39, 0.29) is 18.9 Å². The predicted octanol–water partition coefficient (Wildman–Crippen LogP) is 1.25. The highest BCUT2D eigenvalue weighted by Crippen LogP contribution is 2.39. The zero-order valence-electron chi connectivity index (χ0n) is 7.20. The molecule has 2 N–H and O–H groups in total. The smallest absolute Gasteiger partial charge is 0.315 e. The summed E-state index contributed by atoms with van der Waals surface area (Å²) in [4.78, 5) is 10.9. The first kappa shape index (κ1) is 8.72. The Bertz CT molecular complexity index is 232. The molecule has 1 saturated heterocycles. The van der Waals surface area contributed by atoms with Gasteiger partial charge in [-0.25, -0.2) is 13.6 Å². The van der Waals surface area contributed by atoms with Crippen LogP contribution in [0.5, 0.6) is 0 Å². The fourth-order valence-corrected chi connectivity index (χ4v) is 1.97. The molecule has 0 aromatic rings. The monoisotopic (exact) mass is 190 g/mol. The van der Waals surface area contributed by atoms with Gasteiger partial charge in [-0.3, -0.25) is 0 Å². The molecule has 74 valence electrons. The molecule has 2 rings (SSSR count). The maximum Gasteiger partial charge on any atom is 0.315 e. The van der Waals surface area contributed by atoms with Gasteiger partial charge in [0.1, 0.15) is 0 Å². The molecule has 0 aromatic carbocycles. The van der Waals surface area contributed by atoms with Gasteiger partial charge in [0.15, 0.2) is 0 Å². The third-order valence-corrected chi connectivity index (χ3v) is 2.90. The van der Waals surface area contributed by atoms with E-state index in [9.17, 15) is 13.6 Å².